The molecule has 0 spiro atoms. The molecular weight excluding hydrogens is 300 g/mol. The second-order valence-electron chi connectivity index (χ2n) is 5.12. The topological polar surface area (TPSA) is 12.0 Å². The van der Waals surface area contributed by atoms with Gasteiger partial charge in [0, 0.05) is 11.6 Å². The van der Waals surface area contributed by atoms with E-state index in [1.807, 2.05) is 7.05 Å². The second kappa shape index (κ2) is 5.66. The molecule has 0 heterocycles. The Kier molecular flexibility index (Phi) is 4.38. The van der Waals surface area contributed by atoms with Crippen molar-refractivity contribution in [2.24, 2.45) is 11.8 Å². The molecule has 1 saturated carbocycles. The lowest BCUT2D eigenvalue weighted by Gasteiger charge is -2.21. The van der Waals surface area contributed by atoms with Gasteiger partial charge in [0.05, 0.1) is 4.47 Å². The van der Waals surface area contributed by atoms with Gasteiger partial charge in [0.15, 0.2) is 0 Å². The van der Waals surface area contributed by atoms with Gasteiger partial charge >= 0.3 is 0 Å². The summed E-state index contributed by atoms with van der Waals surface area (Å²) in [5, 5.41) is 3.27. The predicted molar refractivity (Wildman–Crippen MR) is 72.5 cm³/mol. The molecule has 0 bridgehead atoms. The van der Waals surface area contributed by atoms with E-state index < -0.39 is 11.6 Å². The van der Waals surface area contributed by atoms with E-state index in [-0.39, 0.29) is 5.56 Å². The van der Waals surface area contributed by atoms with E-state index in [2.05, 4.69) is 28.2 Å². The fourth-order valence-corrected chi connectivity index (χ4v) is 3.33. The minimum absolute atomic E-state index is 0.220. The highest BCUT2D eigenvalue weighted by Crippen LogP contribution is 2.35. The number of halogens is 3. The van der Waals surface area contributed by atoms with Crippen LogP contribution in [0.1, 0.15) is 25.3 Å². The summed E-state index contributed by atoms with van der Waals surface area (Å²) < 4.78 is 28.0. The molecule has 0 saturated heterocycles. The average Bonchev–Trinajstić information content (AvgIpc) is 2.71. The van der Waals surface area contributed by atoms with E-state index in [9.17, 15) is 8.78 Å². The highest BCUT2D eigenvalue weighted by atomic mass is 79.9. The third kappa shape index (κ3) is 2.59. The fourth-order valence-electron chi connectivity index (χ4n) is 2.96. The summed E-state index contributed by atoms with van der Waals surface area (Å²) in [4.78, 5) is 0. The Morgan fingerprint density at radius 3 is 2.67 bits per heavy atom. The van der Waals surface area contributed by atoms with Crippen LogP contribution in [0.25, 0.3) is 0 Å². The summed E-state index contributed by atoms with van der Waals surface area (Å²) in [5.74, 6) is -0.0838. The predicted octanol–water partition coefficient (Wildman–Crippen LogP) is 3.90. The summed E-state index contributed by atoms with van der Waals surface area (Å²) in [7, 11) is 1.95. The van der Waals surface area contributed by atoms with Crippen molar-refractivity contribution in [3.05, 3.63) is 33.8 Å². The number of nitrogens with one attached hydrogen (secondary N) is 1. The van der Waals surface area contributed by atoms with Crippen LogP contribution in [0.4, 0.5) is 8.78 Å². The number of hydrogen-bond donors (Lipinski definition) is 1. The molecular formula is C14H18BrF2N. The van der Waals surface area contributed by atoms with Gasteiger partial charge in [-0.25, -0.2) is 8.78 Å². The van der Waals surface area contributed by atoms with Gasteiger partial charge in [0.2, 0.25) is 0 Å². The molecule has 4 heteroatoms. The van der Waals surface area contributed by atoms with E-state index in [0.717, 1.165) is 12.8 Å². The highest BCUT2D eigenvalue weighted by Gasteiger charge is 2.32. The van der Waals surface area contributed by atoms with Crippen molar-refractivity contribution >= 4 is 15.9 Å². The maximum Gasteiger partial charge on any atom is 0.143 e. The Hall–Kier alpha value is -0.480. The molecule has 1 aliphatic rings. The molecule has 2 rings (SSSR count). The monoisotopic (exact) mass is 317 g/mol. The molecule has 3 atom stereocenters. The zero-order valence-corrected chi connectivity index (χ0v) is 12.2. The van der Waals surface area contributed by atoms with Crippen LogP contribution in [-0.4, -0.2) is 13.1 Å². The number of benzene rings is 1. The largest absolute Gasteiger partial charge is 0.317 e. The first-order valence-electron chi connectivity index (χ1n) is 6.34. The van der Waals surface area contributed by atoms with Crippen LogP contribution in [0, 0.1) is 23.5 Å². The standard InChI is InChI=1S/C14H18BrF2N/c1-8-9(3-6-13(8)18-2)7-10-12(16)5-4-11(15)14(10)17/h4-5,8-9,13,18H,3,6-7H2,1-2H3. The van der Waals surface area contributed by atoms with Gasteiger partial charge in [-0.05, 0) is 66.2 Å². The molecule has 1 fully saturated rings. The second-order valence-corrected chi connectivity index (χ2v) is 5.97. The minimum Gasteiger partial charge on any atom is -0.317 e. The molecule has 0 aliphatic heterocycles. The third-order valence-corrected chi connectivity index (χ3v) is 4.82. The van der Waals surface area contributed by atoms with E-state index >= 15 is 0 Å². The maximum atomic E-state index is 13.9. The quantitative estimate of drug-likeness (QED) is 0.834. The lowest BCUT2D eigenvalue weighted by Crippen LogP contribution is -2.29. The minimum atomic E-state index is -0.449. The zero-order chi connectivity index (χ0) is 13.3. The first-order valence-corrected chi connectivity index (χ1v) is 7.13. The molecule has 0 radical (unpaired) electrons. The van der Waals surface area contributed by atoms with Crippen LogP contribution in [0.5, 0.6) is 0 Å². The Labute approximate surface area is 115 Å². The summed E-state index contributed by atoms with van der Waals surface area (Å²) in [5.41, 5.74) is 0.220. The number of hydrogen-bond acceptors (Lipinski definition) is 1. The van der Waals surface area contributed by atoms with Gasteiger partial charge in [-0.1, -0.05) is 6.92 Å². The fraction of sp³-hybridized carbons (Fsp3) is 0.571. The van der Waals surface area contributed by atoms with Crippen molar-refractivity contribution in [2.45, 2.75) is 32.2 Å². The first kappa shape index (κ1) is 13.9. The maximum absolute atomic E-state index is 13.9. The van der Waals surface area contributed by atoms with Gasteiger partial charge in [0.1, 0.15) is 11.6 Å². The Balaban J connectivity index is 2.18. The molecule has 0 amide bonds. The molecule has 1 aromatic rings. The van der Waals surface area contributed by atoms with Crippen molar-refractivity contribution in [1.82, 2.24) is 5.32 Å². The highest BCUT2D eigenvalue weighted by molar-refractivity contribution is 9.10. The lowest BCUT2D eigenvalue weighted by atomic mass is 9.89. The number of rotatable bonds is 3. The summed E-state index contributed by atoms with van der Waals surface area (Å²) in [6.07, 6.45) is 2.59. The summed E-state index contributed by atoms with van der Waals surface area (Å²) >= 11 is 3.12. The van der Waals surface area contributed by atoms with Crippen LogP contribution >= 0.6 is 15.9 Å². The van der Waals surface area contributed by atoms with E-state index in [4.69, 9.17) is 0 Å². The third-order valence-electron chi connectivity index (χ3n) is 4.20. The van der Waals surface area contributed by atoms with E-state index in [0.29, 0.717) is 28.8 Å². The average molecular weight is 318 g/mol. The van der Waals surface area contributed by atoms with Gasteiger partial charge in [0.25, 0.3) is 0 Å². The normalized spacial score (nSPS) is 27.7. The first-order chi connectivity index (χ1) is 8.54. The smallest absolute Gasteiger partial charge is 0.143 e. The van der Waals surface area contributed by atoms with Gasteiger partial charge < -0.3 is 5.32 Å². The molecule has 1 N–H and O–H groups in total. The Morgan fingerprint density at radius 2 is 2.06 bits per heavy atom. The Bertz CT molecular complexity index is 436. The van der Waals surface area contributed by atoms with Crippen LogP contribution in [0.15, 0.2) is 16.6 Å². The van der Waals surface area contributed by atoms with Crippen LogP contribution < -0.4 is 5.32 Å². The molecule has 18 heavy (non-hydrogen) atoms. The molecule has 1 nitrogen and oxygen atoms in total. The van der Waals surface area contributed by atoms with Crippen LogP contribution in [-0.2, 0) is 6.42 Å². The summed E-state index contributed by atoms with van der Waals surface area (Å²) in [6, 6.07) is 3.22. The van der Waals surface area contributed by atoms with E-state index in [1.54, 1.807) is 0 Å². The SMILES string of the molecule is CNC1CCC(Cc2c(F)ccc(Br)c2F)C1C. The van der Waals surface area contributed by atoms with Crippen LogP contribution in [0.3, 0.4) is 0 Å². The zero-order valence-electron chi connectivity index (χ0n) is 10.6. The van der Waals surface area contributed by atoms with Crippen molar-refractivity contribution in [1.29, 1.82) is 0 Å². The Morgan fingerprint density at radius 1 is 1.33 bits per heavy atom. The van der Waals surface area contributed by atoms with Gasteiger partial charge in [-0.2, -0.15) is 0 Å². The van der Waals surface area contributed by atoms with Crippen molar-refractivity contribution < 1.29 is 8.78 Å². The van der Waals surface area contributed by atoms with Crippen molar-refractivity contribution in [2.75, 3.05) is 7.05 Å². The van der Waals surface area contributed by atoms with Crippen LogP contribution in [0.2, 0.25) is 0 Å². The molecule has 3 unspecified atom stereocenters. The lowest BCUT2D eigenvalue weighted by molar-refractivity contribution is 0.356. The van der Waals surface area contributed by atoms with Crippen molar-refractivity contribution in [3.63, 3.8) is 0 Å². The van der Waals surface area contributed by atoms with E-state index in [1.165, 1.54) is 12.1 Å². The molecule has 1 aliphatic carbocycles. The van der Waals surface area contributed by atoms with Gasteiger partial charge in [-0.3, -0.25) is 0 Å². The molecule has 1 aromatic carbocycles. The van der Waals surface area contributed by atoms with Gasteiger partial charge in [-0.15, -0.1) is 0 Å². The molecule has 0 aromatic heterocycles. The molecule has 100 valence electrons. The summed E-state index contributed by atoms with van der Waals surface area (Å²) in [6.45, 7) is 2.16. The van der Waals surface area contributed by atoms with Crippen molar-refractivity contribution in [3.8, 4) is 0 Å².